The van der Waals surface area contributed by atoms with Crippen molar-refractivity contribution in [3.05, 3.63) is 83.4 Å². The van der Waals surface area contributed by atoms with Gasteiger partial charge in [-0.15, -0.1) is 0 Å². The highest BCUT2D eigenvalue weighted by Gasteiger charge is 2.28. The summed E-state index contributed by atoms with van der Waals surface area (Å²) in [4.78, 5) is 15.6. The molecule has 7 heteroatoms. The largest absolute Gasteiger partial charge is 0.372 e. The van der Waals surface area contributed by atoms with Crippen molar-refractivity contribution in [2.45, 2.75) is 44.9 Å². The van der Waals surface area contributed by atoms with E-state index in [2.05, 4.69) is 10.2 Å². The minimum atomic E-state index is -3.95. The topological polar surface area (TPSA) is 69.7 Å². The Hall–Kier alpha value is -3.32. The van der Waals surface area contributed by atoms with Crippen molar-refractivity contribution in [3.8, 4) is 0 Å². The summed E-state index contributed by atoms with van der Waals surface area (Å²) in [5, 5.41) is 2.87. The maximum Gasteiger partial charge on any atom is 0.264 e. The molecule has 1 aliphatic rings. The Bertz CT molecular complexity index is 1280. The molecule has 0 unspecified atom stereocenters. The van der Waals surface area contributed by atoms with E-state index in [-0.39, 0.29) is 11.4 Å². The Morgan fingerprint density at radius 2 is 1.49 bits per heavy atom. The van der Waals surface area contributed by atoms with Gasteiger partial charge in [0, 0.05) is 24.5 Å². The van der Waals surface area contributed by atoms with E-state index < -0.39 is 15.9 Å². The number of hydrogen-bond acceptors (Lipinski definition) is 4. The van der Waals surface area contributed by atoms with Crippen molar-refractivity contribution >= 4 is 33.0 Å². The maximum absolute atomic E-state index is 13.6. The number of rotatable bonds is 7. The van der Waals surface area contributed by atoms with Crippen molar-refractivity contribution in [3.63, 3.8) is 0 Å². The first kappa shape index (κ1) is 24.8. The van der Waals surface area contributed by atoms with Crippen LogP contribution >= 0.6 is 0 Å². The molecule has 0 aliphatic carbocycles. The molecule has 3 aromatic carbocycles. The number of aryl methyl sites for hydroxylation is 3. The van der Waals surface area contributed by atoms with Crippen molar-refractivity contribution in [2.24, 2.45) is 0 Å². The minimum Gasteiger partial charge on any atom is -0.372 e. The smallest absolute Gasteiger partial charge is 0.264 e. The fraction of sp³-hybridized carbons (Fsp3) is 0.321. The monoisotopic (exact) mass is 491 g/mol. The first-order chi connectivity index (χ1) is 16.7. The number of anilines is 3. The zero-order valence-electron chi connectivity index (χ0n) is 20.6. The normalized spacial score (nSPS) is 14.0. The fourth-order valence-corrected chi connectivity index (χ4v) is 5.95. The van der Waals surface area contributed by atoms with Gasteiger partial charge in [-0.25, -0.2) is 8.42 Å². The molecule has 1 heterocycles. The lowest BCUT2D eigenvalue weighted by Crippen LogP contribution is -2.38. The molecule has 0 spiro atoms. The van der Waals surface area contributed by atoms with Crippen LogP contribution < -0.4 is 14.5 Å². The summed E-state index contributed by atoms with van der Waals surface area (Å²) in [5.41, 5.74) is 5.06. The molecule has 1 amide bonds. The number of carbonyl (C=O) groups is 1. The SMILES string of the molecule is Cc1ccc(S(=O)(=O)N(CC(=O)Nc2ccc(N3CCCCC3)cc2)c2ccc(C)cc2C)cc1. The van der Waals surface area contributed by atoms with E-state index in [1.807, 2.05) is 57.2 Å². The van der Waals surface area contributed by atoms with Gasteiger partial charge in [0.1, 0.15) is 6.54 Å². The summed E-state index contributed by atoms with van der Waals surface area (Å²) in [7, 11) is -3.95. The van der Waals surface area contributed by atoms with Crippen LogP contribution in [0.25, 0.3) is 0 Å². The lowest BCUT2D eigenvalue weighted by molar-refractivity contribution is -0.114. The molecule has 6 nitrogen and oxygen atoms in total. The molecular formula is C28H33N3O3S. The van der Waals surface area contributed by atoms with E-state index in [9.17, 15) is 13.2 Å². The third-order valence-electron chi connectivity index (χ3n) is 6.39. The van der Waals surface area contributed by atoms with Gasteiger partial charge >= 0.3 is 0 Å². The highest BCUT2D eigenvalue weighted by Crippen LogP contribution is 2.28. The number of benzene rings is 3. The second-order valence-corrected chi connectivity index (χ2v) is 11.1. The van der Waals surface area contributed by atoms with Crippen molar-refractivity contribution in [1.29, 1.82) is 0 Å². The number of amides is 1. The number of hydrogen-bond donors (Lipinski definition) is 1. The molecule has 4 rings (SSSR count). The van der Waals surface area contributed by atoms with E-state index in [4.69, 9.17) is 0 Å². The van der Waals surface area contributed by atoms with Gasteiger partial charge in [0.15, 0.2) is 0 Å². The van der Waals surface area contributed by atoms with Gasteiger partial charge in [0.05, 0.1) is 10.6 Å². The van der Waals surface area contributed by atoms with Crippen molar-refractivity contribution < 1.29 is 13.2 Å². The highest BCUT2D eigenvalue weighted by atomic mass is 32.2. The summed E-state index contributed by atoms with van der Waals surface area (Å²) in [5.74, 6) is -0.397. The van der Waals surface area contributed by atoms with Crippen molar-refractivity contribution in [1.82, 2.24) is 0 Å². The lowest BCUT2D eigenvalue weighted by atomic mass is 10.1. The van der Waals surface area contributed by atoms with E-state index in [0.29, 0.717) is 11.4 Å². The van der Waals surface area contributed by atoms with Crippen LogP contribution in [0.15, 0.2) is 71.6 Å². The van der Waals surface area contributed by atoms with Crippen LogP contribution in [0.4, 0.5) is 17.1 Å². The van der Waals surface area contributed by atoms with E-state index in [1.54, 1.807) is 30.3 Å². The molecule has 0 atom stereocenters. The van der Waals surface area contributed by atoms with Gasteiger partial charge in [-0.3, -0.25) is 9.10 Å². The Morgan fingerprint density at radius 3 is 2.11 bits per heavy atom. The molecule has 1 saturated heterocycles. The molecule has 0 radical (unpaired) electrons. The summed E-state index contributed by atoms with van der Waals surface area (Å²) < 4.78 is 28.5. The number of piperidine rings is 1. The molecule has 35 heavy (non-hydrogen) atoms. The second kappa shape index (κ2) is 10.5. The first-order valence-electron chi connectivity index (χ1n) is 12.1. The van der Waals surface area contributed by atoms with Crippen LogP contribution in [-0.2, 0) is 14.8 Å². The Morgan fingerprint density at radius 1 is 0.857 bits per heavy atom. The molecular weight excluding hydrogens is 458 g/mol. The minimum absolute atomic E-state index is 0.154. The third-order valence-corrected chi connectivity index (χ3v) is 8.16. The van der Waals surface area contributed by atoms with Gasteiger partial charge in [-0.2, -0.15) is 0 Å². The summed E-state index contributed by atoms with van der Waals surface area (Å²) in [6, 6.07) is 20.0. The summed E-state index contributed by atoms with van der Waals surface area (Å²) in [6.07, 6.45) is 3.66. The van der Waals surface area contributed by atoms with Crippen LogP contribution in [-0.4, -0.2) is 34.0 Å². The van der Waals surface area contributed by atoms with Gasteiger partial charge in [0.25, 0.3) is 10.0 Å². The van der Waals surface area contributed by atoms with Crippen LogP contribution in [0.2, 0.25) is 0 Å². The van der Waals surface area contributed by atoms with Crippen LogP contribution in [0.1, 0.15) is 36.0 Å². The van der Waals surface area contributed by atoms with Gasteiger partial charge in [-0.1, -0.05) is 35.4 Å². The molecule has 1 fully saturated rings. The van der Waals surface area contributed by atoms with Crippen LogP contribution in [0, 0.1) is 20.8 Å². The zero-order chi connectivity index (χ0) is 25.0. The maximum atomic E-state index is 13.6. The molecule has 0 aromatic heterocycles. The third kappa shape index (κ3) is 5.85. The van der Waals surface area contributed by atoms with Crippen LogP contribution in [0.5, 0.6) is 0 Å². The van der Waals surface area contributed by atoms with E-state index >= 15 is 0 Å². The Kier molecular flexibility index (Phi) is 7.45. The lowest BCUT2D eigenvalue weighted by Gasteiger charge is -2.29. The summed E-state index contributed by atoms with van der Waals surface area (Å²) >= 11 is 0. The molecule has 0 bridgehead atoms. The average Bonchev–Trinajstić information content (AvgIpc) is 2.84. The highest BCUT2D eigenvalue weighted by molar-refractivity contribution is 7.92. The molecule has 184 valence electrons. The first-order valence-corrected chi connectivity index (χ1v) is 13.5. The number of nitrogens with zero attached hydrogens (tertiary/aromatic N) is 2. The predicted octanol–water partition coefficient (Wildman–Crippen LogP) is 5.44. The average molecular weight is 492 g/mol. The van der Waals surface area contributed by atoms with Crippen molar-refractivity contribution in [2.75, 3.05) is 34.2 Å². The van der Waals surface area contributed by atoms with Gasteiger partial charge in [0.2, 0.25) is 5.91 Å². The molecule has 1 aliphatic heterocycles. The number of sulfonamides is 1. The van der Waals surface area contributed by atoms with Crippen LogP contribution in [0.3, 0.4) is 0 Å². The second-order valence-electron chi connectivity index (χ2n) is 9.26. The van der Waals surface area contributed by atoms with Gasteiger partial charge < -0.3 is 10.2 Å². The fourth-order valence-electron chi connectivity index (χ4n) is 4.46. The standard InChI is InChI=1S/C28H33N3O3S/c1-21-7-14-26(15-8-21)35(33,34)31(27-16-9-22(2)19-23(27)3)20-28(32)29-24-10-12-25(13-11-24)30-17-5-4-6-18-30/h7-16,19H,4-6,17-18,20H2,1-3H3,(H,29,32). The molecule has 0 saturated carbocycles. The number of nitrogens with one attached hydrogen (secondary N) is 1. The van der Waals surface area contributed by atoms with E-state index in [0.717, 1.165) is 35.5 Å². The molecule has 1 N–H and O–H groups in total. The molecule has 3 aromatic rings. The zero-order valence-corrected chi connectivity index (χ0v) is 21.4. The number of carbonyl (C=O) groups excluding carboxylic acids is 1. The van der Waals surface area contributed by atoms with Gasteiger partial charge in [-0.05, 0) is 88.1 Å². The Labute approximate surface area is 208 Å². The predicted molar refractivity (Wildman–Crippen MR) is 143 cm³/mol. The Balaban J connectivity index is 1.57. The van der Waals surface area contributed by atoms with E-state index in [1.165, 1.54) is 23.6 Å². The quantitative estimate of drug-likeness (QED) is 0.478. The summed E-state index contributed by atoms with van der Waals surface area (Å²) in [6.45, 7) is 7.49.